The molecule has 3 heterocycles. The van der Waals surface area contributed by atoms with Gasteiger partial charge in [-0.2, -0.15) is 0 Å². The number of amidine groups is 1. The van der Waals surface area contributed by atoms with Crippen LogP contribution in [0.5, 0.6) is 0 Å². The van der Waals surface area contributed by atoms with E-state index < -0.39 is 11.4 Å². The number of anilines is 2. The maximum Gasteiger partial charge on any atom is 0.310 e. The van der Waals surface area contributed by atoms with Crippen molar-refractivity contribution >= 4 is 51.1 Å². The number of fused-ring (bicyclic) bond motifs is 2. The molecule has 2 aliphatic rings. The molecule has 1 aromatic heterocycles. The van der Waals surface area contributed by atoms with Crippen molar-refractivity contribution in [1.29, 1.82) is 0 Å². The first kappa shape index (κ1) is 19.2. The quantitative estimate of drug-likeness (QED) is 0.779. The topological polar surface area (TPSA) is 68.2 Å². The van der Waals surface area contributed by atoms with Crippen LogP contribution in [0.25, 0.3) is 0 Å². The van der Waals surface area contributed by atoms with Crippen LogP contribution >= 0.6 is 22.9 Å². The summed E-state index contributed by atoms with van der Waals surface area (Å²) in [5, 5.41) is 16.5. The highest BCUT2D eigenvalue weighted by Crippen LogP contribution is 2.41. The number of carboxylic acid groups (broad SMARTS) is 1. The maximum atomic E-state index is 11.4. The third kappa shape index (κ3) is 3.62. The van der Waals surface area contributed by atoms with E-state index in [-0.39, 0.29) is 0 Å². The second-order valence-electron chi connectivity index (χ2n) is 7.82. The molecule has 0 bridgehead atoms. The van der Waals surface area contributed by atoms with Gasteiger partial charge in [0.1, 0.15) is 10.8 Å². The van der Waals surface area contributed by atoms with Crippen molar-refractivity contribution in [3.63, 3.8) is 0 Å². The molecule has 0 amide bonds. The third-order valence-electron chi connectivity index (χ3n) is 5.22. The van der Waals surface area contributed by atoms with Crippen molar-refractivity contribution in [3.05, 3.63) is 40.2 Å². The molecule has 1 fully saturated rings. The number of nitrogens with one attached hydrogen (secondary N) is 1. The zero-order valence-electron chi connectivity index (χ0n) is 15.9. The number of piperazine rings is 1. The standard InChI is InChI=1S/C20H23ClN4O2S/c1-20(2,19(26)27)12-24-7-9-25(10-8-24)17-16-13(21)11-28-18(16)23-15-6-4-3-5-14(15)22-17/h3-6,11,23H,7-10,12H2,1-2H3,(H,26,27). The second kappa shape index (κ2) is 7.39. The summed E-state index contributed by atoms with van der Waals surface area (Å²) in [6.07, 6.45) is 0. The van der Waals surface area contributed by atoms with Gasteiger partial charge in [0.15, 0.2) is 0 Å². The number of hydrogen-bond acceptors (Lipinski definition) is 6. The number of aliphatic carboxylic acids is 1. The number of carboxylic acids is 1. The minimum absolute atomic E-state index is 0.539. The monoisotopic (exact) mass is 418 g/mol. The van der Waals surface area contributed by atoms with Crippen LogP contribution in [0.15, 0.2) is 34.6 Å². The van der Waals surface area contributed by atoms with Crippen molar-refractivity contribution in [2.24, 2.45) is 10.4 Å². The Morgan fingerprint density at radius 2 is 2.00 bits per heavy atom. The highest BCUT2D eigenvalue weighted by Gasteiger charge is 2.33. The highest BCUT2D eigenvalue weighted by molar-refractivity contribution is 7.15. The Hall–Kier alpha value is -2.09. The molecule has 8 heteroatoms. The van der Waals surface area contributed by atoms with Gasteiger partial charge < -0.3 is 15.3 Å². The SMILES string of the molecule is CC(C)(CN1CCN(C2=Nc3ccccc3Nc3scc(Cl)c32)CC1)C(=O)O. The van der Waals surface area contributed by atoms with Gasteiger partial charge in [-0.1, -0.05) is 23.7 Å². The maximum absolute atomic E-state index is 11.4. The fraction of sp³-hybridized carbons (Fsp3) is 0.400. The van der Waals surface area contributed by atoms with Crippen LogP contribution in [-0.2, 0) is 4.79 Å². The summed E-state index contributed by atoms with van der Waals surface area (Å²) in [6.45, 7) is 7.24. The number of rotatable bonds is 3. The smallest absolute Gasteiger partial charge is 0.310 e. The van der Waals surface area contributed by atoms with Gasteiger partial charge in [-0.25, -0.2) is 4.99 Å². The Morgan fingerprint density at radius 3 is 2.71 bits per heavy atom. The minimum Gasteiger partial charge on any atom is -0.481 e. The van der Waals surface area contributed by atoms with Gasteiger partial charge in [-0.15, -0.1) is 11.3 Å². The Morgan fingerprint density at radius 1 is 1.29 bits per heavy atom. The van der Waals surface area contributed by atoms with Crippen molar-refractivity contribution < 1.29 is 9.90 Å². The van der Waals surface area contributed by atoms with Crippen molar-refractivity contribution in [3.8, 4) is 0 Å². The molecule has 1 saturated heterocycles. The van der Waals surface area contributed by atoms with Crippen LogP contribution in [0.1, 0.15) is 19.4 Å². The van der Waals surface area contributed by atoms with Crippen LogP contribution in [0.2, 0.25) is 5.02 Å². The summed E-state index contributed by atoms with van der Waals surface area (Å²) in [5.74, 6) is 0.122. The number of para-hydroxylation sites is 2. The Bertz CT molecular complexity index is 932. The fourth-order valence-corrected chi connectivity index (χ4v) is 4.78. The molecule has 2 N–H and O–H groups in total. The normalized spacial score (nSPS) is 17.2. The van der Waals surface area contributed by atoms with Gasteiger partial charge in [0.2, 0.25) is 0 Å². The molecule has 0 unspecified atom stereocenters. The average molecular weight is 419 g/mol. The third-order valence-corrected chi connectivity index (χ3v) is 6.54. The van der Waals surface area contributed by atoms with E-state index in [4.69, 9.17) is 16.6 Å². The lowest BCUT2D eigenvalue weighted by molar-refractivity contribution is -0.148. The molecule has 4 rings (SSSR count). The zero-order chi connectivity index (χ0) is 19.9. The Kier molecular flexibility index (Phi) is 5.07. The number of thiophene rings is 1. The van der Waals surface area contributed by atoms with Crippen LogP contribution < -0.4 is 5.32 Å². The van der Waals surface area contributed by atoms with E-state index in [2.05, 4.69) is 15.1 Å². The van der Waals surface area contributed by atoms with E-state index in [0.717, 1.165) is 54.0 Å². The van der Waals surface area contributed by atoms with E-state index >= 15 is 0 Å². The molecular formula is C20H23ClN4O2S. The van der Waals surface area contributed by atoms with Crippen molar-refractivity contribution in [1.82, 2.24) is 9.80 Å². The fourth-order valence-electron chi connectivity index (χ4n) is 3.58. The first-order chi connectivity index (χ1) is 13.3. The number of nitrogens with zero attached hydrogens (tertiary/aromatic N) is 3. The largest absolute Gasteiger partial charge is 0.481 e. The number of benzene rings is 1. The summed E-state index contributed by atoms with van der Waals surface area (Å²) >= 11 is 8.11. The van der Waals surface area contributed by atoms with E-state index in [1.807, 2.05) is 29.6 Å². The first-order valence-corrected chi connectivity index (χ1v) is 10.5. The molecule has 0 radical (unpaired) electrons. The molecule has 0 atom stereocenters. The molecule has 0 aliphatic carbocycles. The Balaban J connectivity index is 1.58. The van der Waals surface area contributed by atoms with Gasteiger partial charge in [0, 0.05) is 38.1 Å². The molecule has 28 heavy (non-hydrogen) atoms. The summed E-state index contributed by atoms with van der Waals surface area (Å²) < 4.78 is 0. The molecule has 6 nitrogen and oxygen atoms in total. The highest BCUT2D eigenvalue weighted by atomic mass is 35.5. The zero-order valence-corrected chi connectivity index (χ0v) is 17.5. The van der Waals surface area contributed by atoms with Gasteiger partial charge in [0.05, 0.1) is 27.4 Å². The lowest BCUT2D eigenvalue weighted by Gasteiger charge is -2.38. The summed E-state index contributed by atoms with van der Waals surface area (Å²) in [6, 6.07) is 7.99. The average Bonchev–Trinajstić information content (AvgIpc) is 2.92. The summed E-state index contributed by atoms with van der Waals surface area (Å²) in [5.41, 5.74) is 2.06. The summed E-state index contributed by atoms with van der Waals surface area (Å²) in [7, 11) is 0. The van der Waals surface area contributed by atoms with Crippen molar-refractivity contribution in [2.45, 2.75) is 13.8 Å². The van der Waals surface area contributed by atoms with Gasteiger partial charge >= 0.3 is 5.97 Å². The second-order valence-corrected chi connectivity index (χ2v) is 9.10. The minimum atomic E-state index is -0.763. The van der Waals surface area contributed by atoms with E-state index in [1.54, 1.807) is 25.2 Å². The van der Waals surface area contributed by atoms with E-state index in [1.165, 1.54) is 0 Å². The predicted octanol–water partition coefficient (Wildman–Crippen LogP) is 4.27. The number of aliphatic imine (C=N–C) groups is 1. The van der Waals surface area contributed by atoms with Crippen molar-refractivity contribution in [2.75, 3.05) is 38.0 Å². The summed E-state index contributed by atoms with van der Waals surface area (Å²) in [4.78, 5) is 20.9. The number of halogens is 1. The van der Waals surface area contributed by atoms with E-state index in [0.29, 0.717) is 11.6 Å². The molecule has 148 valence electrons. The predicted molar refractivity (Wildman–Crippen MR) is 115 cm³/mol. The van der Waals surface area contributed by atoms with Crippen LogP contribution in [0.4, 0.5) is 16.4 Å². The molecule has 0 spiro atoms. The molecule has 0 saturated carbocycles. The molecule has 2 aliphatic heterocycles. The van der Waals surface area contributed by atoms with Gasteiger partial charge in [-0.3, -0.25) is 9.69 Å². The van der Waals surface area contributed by atoms with Gasteiger partial charge in [0.25, 0.3) is 0 Å². The molecule has 1 aromatic carbocycles. The number of hydrogen-bond donors (Lipinski definition) is 2. The van der Waals surface area contributed by atoms with E-state index in [9.17, 15) is 9.90 Å². The van der Waals surface area contributed by atoms with Gasteiger partial charge in [-0.05, 0) is 26.0 Å². The van der Waals surface area contributed by atoms with Crippen LogP contribution in [0, 0.1) is 5.41 Å². The molecular weight excluding hydrogens is 396 g/mol. The lowest BCUT2D eigenvalue weighted by atomic mass is 9.93. The Labute approximate surface area is 173 Å². The van der Waals surface area contributed by atoms with Crippen LogP contribution in [0.3, 0.4) is 0 Å². The molecule has 2 aromatic rings. The number of carbonyl (C=O) groups is 1. The lowest BCUT2D eigenvalue weighted by Crippen LogP contribution is -2.52. The first-order valence-electron chi connectivity index (χ1n) is 9.28. The van der Waals surface area contributed by atoms with Crippen LogP contribution in [-0.4, -0.2) is 59.4 Å².